The smallest absolute Gasteiger partial charge is 0.0332 e. The number of rotatable bonds is 1. The number of halogens is 1. The Balaban J connectivity index is 1.88. The highest BCUT2D eigenvalue weighted by Crippen LogP contribution is 2.44. The van der Waals surface area contributed by atoms with Gasteiger partial charge in [0, 0.05) is 4.47 Å². The van der Waals surface area contributed by atoms with E-state index < -0.39 is 0 Å². The van der Waals surface area contributed by atoms with Gasteiger partial charge in [0.15, 0.2) is 0 Å². The predicted octanol–water partition coefficient (Wildman–Crippen LogP) is 8.73. The SMILES string of the molecule is Brc1c2ccccc2c(-c2ccc3ccccc3c2)c2c1ccc1ccccc12. The summed E-state index contributed by atoms with van der Waals surface area (Å²) in [6, 6.07) is 37.3. The third kappa shape index (κ3) is 2.51. The fourth-order valence-electron chi connectivity index (χ4n) is 4.54. The molecule has 0 aromatic heterocycles. The van der Waals surface area contributed by atoms with Crippen molar-refractivity contribution in [3.8, 4) is 11.1 Å². The minimum Gasteiger partial charge on any atom is -0.0616 e. The van der Waals surface area contributed by atoms with E-state index in [-0.39, 0.29) is 0 Å². The summed E-state index contributed by atoms with van der Waals surface area (Å²) in [5.41, 5.74) is 2.56. The zero-order valence-corrected chi connectivity index (χ0v) is 17.3. The Morgan fingerprint density at radius 1 is 0.448 bits per heavy atom. The van der Waals surface area contributed by atoms with Crippen LogP contribution in [0.15, 0.2) is 108 Å². The third-order valence-electron chi connectivity index (χ3n) is 5.89. The Morgan fingerprint density at radius 2 is 1.07 bits per heavy atom. The van der Waals surface area contributed by atoms with Crippen molar-refractivity contribution in [3.63, 3.8) is 0 Å². The van der Waals surface area contributed by atoms with Crippen molar-refractivity contribution >= 4 is 59.0 Å². The maximum Gasteiger partial charge on any atom is 0.0332 e. The van der Waals surface area contributed by atoms with Gasteiger partial charge in [-0.3, -0.25) is 0 Å². The molecule has 29 heavy (non-hydrogen) atoms. The first-order valence-electron chi connectivity index (χ1n) is 9.82. The van der Waals surface area contributed by atoms with E-state index in [9.17, 15) is 0 Å². The summed E-state index contributed by atoms with van der Waals surface area (Å²) in [6.45, 7) is 0. The Hall–Kier alpha value is -3.16. The molecule has 0 bridgehead atoms. The molecular formula is C28H17Br. The minimum atomic E-state index is 1.17. The summed E-state index contributed by atoms with van der Waals surface area (Å²) in [6.07, 6.45) is 0. The van der Waals surface area contributed by atoms with Crippen LogP contribution in [-0.4, -0.2) is 0 Å². The second kappa shape index (κ2) is 6.43. The lowest BCUT2D eigenvalue weighted by Gasteiger charge is -2.17. The molecule has 0 atom stereocenters. The molecule has 1 heteroatoms. The van der Waals surface area contributed by atoms with Gasteiger partial charge in [0.2, 0.25) is 0 Å². The summed E-state index contributed by atoms with van der Waals surface area (Å²) < 4.78 is 1.17. The van der Waals surface area contributed by atoms with Crippen LogP contribution in [0.5, 0.6) is 0 Å². The van der Waals surface area contributed by atoms with Crippen molar-refractivity contribution < 1.29 is 0 Å². The van der Waals surface area contributed by atoms with Crippen molar-refractivity contribution in [2.75, 3.05) is 0 Å². The summed E-state index contributed by atoms with van der Waals surface area (Å²) in [5.74, 6) is 0. The van der Waals surface area contributed by atoms with E-state index in [4.69, 9.17) is 0 Å². The van der Waals surface area contributed by atoms with Crippen LogP contribution in [0.2, 0.25) is 0 Å². The monoisotopic (exact) mass is 432 g/mol. The molecule has 0 nitrogen and oxygen atoms in total. The zero-order valence-electron chi connectivity index (χ0n) is 15.7. The second-order valence-electron chi connectivity index (χ2n) is 7.51. The van der Waals surface area contributed by atoms with E-state index >= 15 is 0 Å². The van der Waals surface area contributed by atoms with Gasteiger partial charge >= 0.3 is 0 Å². The van der Waals surface area contributed by atoms with Crippen LogP contribution in [0.4, 0.5) is 0 Å². The predicted molar refractivity (Wildman–Crippen MR) is 130 cm³/mol. The molecule has 6 aromatic rings. The molecule has 0 fully saturated rings. The van der Waals surface area contributed by atoms with Gasteiger partial charge in [-0.25, -0.2) is 0 Å². The zero-order chi connectivity index (χ0) is 19.4. The van der Waals surface area contributed by atoms with Crippen LogP contribution < -0.4 is 0 Å². The maximum atomic E-state index is 3.91. The molecule has 0 saturated carbocycles. The average Bonchev–Trinajstić information content (AvgIpc) is 2.79. The van der Waals surface area contributed by atoms with Gasteiger partial charge in [-0.15, -0.1) is 0 Å². The summed E-state index contributed by atoms with van der Waals surface area (Å²) in [4.78, 5) is 0. The fraction of sp³-hybridized carbons (Fsp3) is 0. The van der Waals surface area contributed by atoms with E-state index in [0.29, 0.717) is 0 Å². The first-order valence-corrected chi connectivity index (χ1v) is 10.6. The molecule has 0 saturated heterocycles. The Bertz CT molecular complexity index is 1560. The van der Waals surface area contributed by atoms with Gasteiger partial charge in [0.05, 0.1) is 0 Å². The second-order valence-corrected chi connectivity index (χ2v) is 8.30. The van der Waals surface area contributed by atoms with E-state index in [1.165, 1.54) is 58.7 Å². The van der Waals surface area contributed by atoms with Gasteiger partial charge in [-0.05, 0) is 76.2 Å². The highest BCUT2D eigenvalue weighted by atomic mass is 79.9. The van der Waals surface area contributed by atoms with E-state index in [2.05, 4.69) is 119 Å². The maximum absolute atomic E-state index is 3.91. The highest BCUT2D eigenvalue weighted by molar-refractivity contribution is 9.10. The first-order chi connectivity index (χ1) is 14.3. The molecular weight excluding hydrogens is 416 g/mol. The van der Waals surface area contributed by atoms with Gasteiger partial charge in [-0.2, -0.15) is 0 Å². The number of hydrogen-bond acceptors (Lipinski definition) is 0. The quantitative estimate of drug-likeness (QED) is 0.180. The van der Waals surface area contributed by atoms with E-state index in [1.807, 2.05) is 0 Å². The molecule has 0 unspecified atom stereocenters. The molecule has 0 N–H and O–H groups in total. The molecule has 136 valence electrons. The standard InChI is InChI=1S/C28H17Br/c29-28-24-12-6-5-11-23(24)26(21-14-13-18-7-1-2-9-20(18)17-21)27-22-10-4-3-8-19(22)15-16-25(27)28/h1-17H. The number of benzene rings is 6. The van der Waals surface area contributed by atoms with Crippen LogP contribution in [0.1, 0.15) is 0 Å². The molecule has 6 rings (SSSR count). The normalized spacial score (nSPS) is 11.6. The average molecular weight is 433 g/mol. The summed E-state index contributed by atoms with van der Waals surface area (Å²) >= 11 is 3.91. The first kappa shape index (κ1) is 16.8. The summed E-state index contributed by atoms with van der Waals surface area (Å²) in [7, 11) is 0. The number of fused-ring (bicyclic) bond motifs is 5. The van der Waals surface area contributed by atoms with Crippen LogP contribution in [0.3, 0.4) is 0 Å². The topological polar surface area (TPSA) is 0 Å². The highest BCUT2D eigenvalue weighted by Gasteiger charge is 2.16. The van der Waals surface area contributed by atoms with Gasteiger partial charge in [0.1, 0.15) is 0 Å². The van der Waals surface area contributed by atoms with Gasteiger partial charge in [0.25, 0.3) is 0 Å². The Morgan fingerprint density at radius 3 is 1.90 bits per heavy atom. The van der Waals surface area contributed by atoms with Crippen molar-refractivity contribution in [2.45, 2.75) is 0 Å². The molecule has 0 spiro atoms. The summed E-state index contributed by atoms with van der Waals surface area (Å²) in [5, 5.41) is 10.2. The molecule has 0 aliphatic rings. The van der Waals surface area contributed by atoms with Crippen LogP contribution in [0, 0.1) is 0 Å². The molecule has 6 aromatic carbocycles. The van der Waals surface area contributed by atoms with Crippen molar-refractivity contribution in [1.82, 2.24) is 0 Å². The lowest BCUT2D eigenvalue weighted by Crippen LogP contribution is -1.89. The van der Waals surface area contributed by atoms with Crippen LogP contribution in [-0.2, 0) is 0 Å². The molecule has 0 amide bonds. The Labute approximate surface area is 177 Å². The lowest BCUT2D eigenvalue weighted by atomic mass is 9.88. The number of hydrogen-bond donors (Lipinski definition) is 0. The molecule has 0 aliphatic heterocycles. The van der Waals surface area contributed by atoms with Gasteiger partial charge in [-0.1, -0.05) is 97.1 Å². The van der Waals surface area contributed by atoms with Gasteiger partial charge < -0.3 is 0 Å². The van der Waals surface area contributed by atoms with Crippen LogP contribution in [0.25, 0.3) is 54.2 Å². The fourth-order valence-corrected chi connectivity index (χ4v) is 5.22. The van der Waals surface area contributed by atoms with Crippen LogP contribution >= 0.6 is 15.9 Å². The van der Waals surface area contributed by atoms with Crippen molar-refractivity contribution in [1.29, 1.82) is 0 Å². The van der Waals surface area contributed by atoms with Crippen molar-refractivity contribution in [2.24, 2.45) is 0 Å². The van der Waals surface area contributed by atoms with Crippen molar-refractivity contribution in [3.05, 3.63) is 108 Å². The molecule has 0 heterocycles. The molecule has 0 radical (unpaired) electrons. The van der Waals surface area contributed by atoms with E-state index in [0.717, 1.165) is 0 Å². The largest absolute Gasteiger partial charge is 0.0616 e. The van der Waals surface area contributed by atoms with E-state index in [1.54, 1.807) is 0 Å². The Kier molecular flexibility index (Phi) is 3.72. The third-order valence-corrected chi connectivity index (χ3v) is 6.74. The minimum absolute atomic E-state index is 1.17. The lowest BCUT2D eigenvalue weighted by molar-refractivity contribution is 1.70. The molecule has 0 aliphatic carbocycles.